The maximum atomic E-state index is 12.7. The number of benzene rings is 2. The second-order valence-electron chi connectivity index (χ2n) is 13.0. The maximum absolute atomic E-state index is 12.7. The first-order valence-electron chi connectivity index (χ1n) is 18.3. The highest BCUT2D eigenvalue weighted by Crippen LogP contribution is 2.30. The Kier molecular flexibility index (Phi) is 16.2. The van der Waals surface area contributed by atoms with Gasteiger partial charge in [0.05, 0.1) is 33.0 Å². The number of carbonyl (C=O) groups is 4. The molecule has 0 bridgehead atoms. The summed E-state index contributed by atoms with van der Waals surface area (Å²) in [5, 5.41) is 8.02. The highest BCUT2D eigenvalue weighted by molar-refractivity contribution is 5.99. The van der Waals surface area contributed by atoms with Crippen molar-refractivity contribution in [2.75, 3.05) is 72.2 Å². The number of hydrogen-bond donors (Lipinski definition) is 1. The van der Waals surface area contributed by atoms with Crippen LogP contribution in [0.15, 0.2) is 52.9 Å². The zero-order valence-corrected chi connectivity index (χ0v) is 31.5. The van der Waals surface area contributed by atoms with E-state index in [0.717, 1.165) is 24.0 Å². The van der Waals surface area contributed by atoms with Crippen molar-refractivity contribution in [3.05, 3.63) is 71.1 Å². The lowest BCUT2D eigenvalue weighted by Gasteiger charge is -2.33. The Hall–Kier alpha value is -5.24. The number of nitrogens with zero attached hydrogens (tertiary/aromatic N) is 6. The molecule has 5 rings (SSSR count). The van der Waals surface area contributed by atoms with Gasteiger partial charge in [-0.05, 0) is 36.1 Å². The average molecular weight is 814 g/mol. The molecular weight excluding hydrogens is 768 g/mol. The van der Waals surface area contributed by atoms with E-state index in [0.29, 0.717) is 84.3 Å². The third kappa shape index (κ3) is 13.4. The Morgan fingerprint density at radius 1 is 0.702 bits per heavy atom. The summed E-state index contributed by atoms with van der Waals surface area (Å²) in [6, 6.07) is 12.8. The first kappa shape index (κ1) is 44.5. The summed E-state index contributed by atoms with van der Waals surface area (Å²) in [7, 11) is 0. The number of urea groups is 2. The van der Waals surface area contributed by atoms with E-state index in [2.05, 4.69) is 14.6 Å². The molecule has 0 radical (unpaired) electrons. The number of ether oxygens (including phenoxy) is 2. The Labute approximate surface area is 325 Å². The molecule has 0 saturated carbocycles. The molecule has 20 heteroatoms. The summed E-state index contributed by atoms with van der Waals surface area (Å²) in [5.74, 6) is -4.37. The number of halogens is 6. The SMILES string of the molecule is CCCN(Cc1ccc(-c2nnc(C(F)(F)F)o2)cc1)C(=O)N1CCOCC1.CCCN(Cc1ccc(C(=O)CNC(=O)C(F)(F)F)cc1)C(=O)N1CCOCC1. The molecule has 57 heavy (non-hydrogen) atoms. The van der Waals surface area contributed by atoms with Crippen molar-refractivity contribution in [2.24, 2.45) is 0 Å². The average Bonchev–Trinajstić information content (AvgIpc) is 3.72. The van der Waals surface area contributed by atoms with E-state index in [4.69, 9.17) is 9.47 Å². The highest BCUT2D eigenvalue weighted by Gasteiger charge is 2.39. The Balaban J connectivity index is 0.000000253. The molecule has 3 aromatic rings. The minimum absolute atomic E-state index is 0.0408. The summed E-state index contributed by atoms with van der Waals surface area (Å²) in [6.07, 6.45) is -8.10. The molecule has 1 N–H and O–H groups in total. The van der Waals surface area contributed by atoms with E-state index < -0.39 is 36.5 Å². The molecule has 2 aliphatic heterocycles. The van der Waals surface area contributed by atoms with Gasteiger partial charge in [-0.25, -0.2) is 9.59 Å². The number of nitrogens with one attached hydrogen (secondary N) is 1. The Bertz CT molecular complexity index is 1760. The monoisotopic (exact) mass is 813 g/mol. The molecule has 0 aliphatic carbocycles. The zero-order valence-electron chi connectivity index (χ0n) is 31.5. The van der Waals surface area contributed by atoms with Gasteiger partial charge in [-0.15, -0.1) is 10.2 Å². The topological polar surface area (TPSA) is 151 Å². The third-order valence-electron chi connectivity index (χ3n) is 8.65. The van der Waals surface area contributed by atoms with Gasteiger partial charge in [0.25, 0.3) is 0 Å². The number of carbonyl (C=O) groups excluding carboxylic acids is 4. The second-order valence-corrected chi connectivity index (χ2v) is 13.0. The molecule has 2 saturated heterocycles. The molecule has 3 heterocycles. The maximum Gasteiger partial charge on any atom is 0.471 e. The van der Waals surface area contributed by atoms with E-state index >= 15 is 0 Å². The van der Waals surface area contributed by atoms with E-state index in [-0.39, 0.29) is 23.5 Å². The number of aromatic nitrogens is 2. The van der Waals surface area contributed by atoms with Gasteiger partial charge in [0, 0.05) is 63.5 Å². The van der Waals surface area contributed by atoms with Crippen LogP contribution in [0.3, 0.4) is 0 Å². The molecule has 312 valence electrons. The standard InChI is InChI=1S/C19H24F3N3O4.C18H21F3N4O3/c1-2-7-25(18(28)24-8-10-29-11-9-24)13-14-3-5-15(6-4-14)16(26)12-23-17(27)19(20,21)22;1-2-7-25(17(26)24-8-10-27-11-9-24)12-13-3-5-14(6-4-13)15-22-23-16(28-15)18(19,20)21/h3-6H,2,7-13H2,1H3,(H,23,27);3-6H,2,7-12H2,1H3. The van der Waals surface area contributed by atoms with Crippen LogP contribution in [0.25, 0.3) is 11.5 Å². The molecule has 2 aromatic carbocycles. The molecule has 2 fully saturated rings. The summed E-state index contributed by atoms with van der Waals surface area (Å²) < 4.78 is 89.5. The van der Waals surface area contributed by atoms with E-state index in [1.165, 1.54) is 12.1 Å². The first-order valence-corrected chi connectivity index (χ1v) is 18.3. The van der Waals surface area contributed by atoms with Gasteiger partial charge in [0.2, 0.25) is 5.89 Å². The van der Waals surface area contributed by atoms with Crippen molar-refractivity contribution in [3.63, 3.8) is 0 Å². The smallest absolute Gasteiger partial charge is 0.413 e. The molecule has 1 aromatic heterocycles. The number of ketones is 1. The molecule has 0 atom stereocenters. The fraction of sp³-hybridized carbons (Fsp3) is 0.514. The van der Waals surface area contributed by atoms with Crippen molar-refractivity contribution in [2.45, 2.75) is 52.1 Å². The van der Waals surface area contributed by atoms with Crippen molar-refractivity contribution in [1.82, 2.24) is 35.1 Å². The highest BCUT2D eigenvalue weighted by atomic mass is 19.4. The Morgan fingerprint density at radius 2 is 1.16 bits per heavy atom. The lowest BCUT2D eigenvalue weighted by molar-refractivity contribution is -0.173. The molecule has 14 nitrogen and oxygen atoms in total. The van der Waals surface area contributed by atoms with E-state index in [1.807, 2.05) is 13.8 Å². The second kappa shape index (κ2) is 20.8. The molecule has 2 aliphatic rings. The largest absolute Gasteiger partial charge is 0.471 e. The van der Waals surface area contributed by atoms with Gasteiger partial charge in [0.15, 0.2) is 5.78 Å². The van der Waals surface area contributed by atoms with Crippen LogP contribution in [0.1, 0.15) is 54.1 Å². The summed E-state index contributed by atoms with van der Waals surface area (Å²) >= 11 is 0. The van der Waals surface area contributed by atoms with Crippen LogP contribution >= 0.6 is 0 Å². The minimum atomic E-state index is -5.03. The Morgan fingerprint density at radius 3 is 1.56 bits per heavy atom. The van der Waals surface area contributed by atoms with E-state index in [1.54, 1.807) is 61.3 Å². The number of rotatable bonds is 12. The number of hydrogen-bond acceptors (Lipinski definition) is 9. The van der Waals surface area contributed by atoms with Crippen molar-refractivity contribution in [1.29, 1.82) is 0 Å². The fourth-order valence-corrected chi connectivity index (χ4v) is 5.74. The van der Waals surface area contributed by atoms with Gasteiger partial charge >= 0.3 is 36.2 Å². The van der Waals surface area contributed by atoms with Crippen LogP contribution < -0.4 is 5.32 Å². The molecule has 0 unspecified atom stereocenters. The summed E-state index contributed by atoms with van der Waals surface area (Å²) in [4.78, 5) is 55.2. The van der Waals surface area contributed by atoms with Gasteiger partial charge in [-0.2, -0.15) is 26.3 Å². The number of amides is 5. The molecular formula is C37H45F6N7O7. The van der Waals surface area contributed by atoms with Crippen molar-refractivity contribution < 1.29 is 59.4 Å². The first-order chi connectivity index (χ1) is 27.1. The normalized spacial score (nSPS) is 14.7. The van der Waals surface area contributed by atoms with Gasteiger partial charge < -0.3 is 38.8 Å². The predicted molar refractivity (Wildman–Crippen MR) is 192 cm³/mol. The van der Waals surface area contributed by atoms with Gasteiger partial charge in [-0.1, -0.05) is 50.2 Å². The van der Waals surface area contributed by atoms with Crippen LogP contribution in [0, 0.1) is 0 Å². The minimum Gasteiger partial charge on any atom is -0.413 e. The quantitative estimate of drug-likeness (QED) is 0.181. The molecule has 5 amide bonds. The molecule has 0 spiro atoms. The zero-order chi connectivity index (χ0) is 41.6. The van der Waals surface area contributed by atoms with Crippen LogP contribution in [-0.2, 0) is 33.5 Å². The summed E-state index contributed by atoms with van der Waals surface area (Å²) in [6.45, 7) is 9.44. The lowest BCUT2D eigenvalue weighted by Crippen LogP contribution is -2.48. The van der Waals surface area contributed by atoms with Crippen LogP contribution in [0.2, 0.25) is 0 Å². The van der Waals surface area contributed by atoms with E-state index in [9.17, 15) is 45.5 Å². The van der Waals surface area contributed by atoms with Crippen LogP contribution in [0.4, 0.5) is 35.9 Å². The predicted octanol–water partition coefficient (Wildman–Crippen LogP) is 5.63. The number of morpholine rings is 2. The number of alkyl halides is 6. The van der Waals surface area contributed by atoms with Crippen LogP contribution in [0.5, 0.6) is 0 Å². The third-order valence-corrected chi connectivity index (χ3v) is 8.65. The number of Topliss-reactive ketones (excluding diaryl/α,β-unsaturated/α-hetero) is 1. The summed E-state index contributed by atoms with van der Waals surface area (Å²) in [5.41, 5.74) is 2.20. The van der Waals surface area contributed by atoms with Crippen LogP contribution in [-0.4, -0.2) is 132 Å². The van der Waals surface area contributed by atoms with Crippen molar-refractivity contribution >= 4 is 23.8 Å². The lowest BCUT2D eigenvalue weighted by atomic mass is 10.1. The van der Waals surface area contributed by atoms with Gasteiger partial charge in [-0.3, -0.25) is 9.59 Å². The fourth-order valence-electron chi connectivity index (χ4n) is 5.74. The van der Waals surface area contributed by atoms with Gasteiger partial charge in [0.1, 0.15) is 0 Å². The van der Waals surface area contributed by atoms with Crippen molar-refractivity contribution in [3.8, 4) is 11.5 Å².